The number of anilines is 1. The Bertz CT molecular complexity index is 688. The van der Waals surface area contributed by atoms with Crippen LogP contribution in [0.1, 0.15) is 18.1 Å². The molecule has 3 heteroatoms. The summed E-state index contributed by atoms with van der Waals surface area (Å²) < 4.78 is 12.9. The fraction of sp³-hybridized carbons (Fsp3) is 0.118. The molecule has 0 fully saturated rings. The van der Waals surface area contributed by atoms with Crippen LogP contribution in [0.5, 0.6) is 0 Å². The zero-order chi connectivity index (χ0) is 14.1. The van der Waals surface area contributed by atoms with Gasteiger partial charge in [0.1, 0.15) is 5.82 Å². The highest BCUT2D eigenvalue weighted by atomic mass is 19.1. The van der Waals surface area contributed by atoms with Crippen molar-refractivity contribution in [1.29, 1.82) is 0 Å². The molecule has 1 aliphatic rings. The van der Waals surface area contributed by atoms with E-state index in [4.69, 9.17) is 0 Å². The third kappa shape index (κ3) is 2.01. The molecule has 0 N–H and O–H groups in total. The smallest absolute Gasteiger partial charge is 0.258 e. The van der Waals surface area contributed by atoms with Crippen LogP contribution in [-0.2, 0) is 4.79 Å². The number of halogens is 1. The minimum Gasteiger partial charge on any atom is -0.308 e. The molecule has 20 heavy (non-hydrogen) atoms. The minimum absolute atomic E-state index is 0.00183. The van der Waals surface area contributed by atoms with Crippen LogP contribution >= 0.6 is 0 Å². The van der Waals surface area contributed by atoms with Crippen molar-refractivity contribution in [2.24, 2.45) is 0 Å². The lowest BCUT2D eigenvalue weighted by atomic mass is 10.0. The van der Waals surface area contributed by atoms with Crippen molar-refractivity contribution in [2.75, 3.05) is 11.4 Å². The number of hydrogen-bond acceptors (Lipinski definition) is 1. The summed E-state index contributed by atoms with van der Waals surface area (Å²) in [4.78, 5) is 14.2. The van der Waals surface area contributed by atoms with Gasteiger partial charge in [0.05, 0.1) is 5.69 Å². The Morgan fingerprint density at radius 2 is 1.80 bits per heavy atom. The molecule has 0 spiro atoms. The molecular weight excluding hydrogens is 253 g/mol. The van der Waals surface area contributed by atoms with Gasteiger partial charge in [-0.1, -0.05) is 30.3 Å². The van der Waals surface area contributed by atoms with Crippen molar-refractivity contribution in [1.82, 2.24) is 0 Å². The second kappa shape index (κ2) is 4.93. The average molecular weight is 267 g/mol. The van der Waals surface area contributed by atoms with E-state index < -0.39 is 0 Å². The summed E-state index contributed by atoms with van der Waals surface area (Å²) in [6.45, 7) is 2.59. The molecule has 1 aliphatic heterocycles. The van der Waals surface area contributed by atoms with Gasteiger partial charge < -0.3 is 4.90 Å². The number of likely N-dealkylation sites (N-methyl/N-ethyl adjacent to an activating group) is 1. The first-order chi connectivity index (χ1) is 9.70. The summed E-state index contributed by atoms with van der Waals surface area (Å²) in [7, 11) is 0. The van der Waals surface area contributed by atoms with Gasteiger partial charge in [0.2, 0.25) is 0 Å². The topological polar surface area (TPSA) is 20.3 Å². The van der Waals surface area contributed by atoms with E-state index in [1.54, 1.807) is 17.0 Å². The number of carbonyl (C=O) groups excluding carboxylic acids is 1. The number of benzene rings is 2. The Morgan fingerprint density at radius 3 is 2.50 bits per heavy atom. The second-order valence-electron chi connectivity index (χ2n) is 4.68. The molecule has 0 atom stereocenters. The lowest BCUT2D eigenvalue weighted by Gasteiger charge is -2.13. The van der Waals surface area contributed by atoms with Gasteiger partial charge in [-0.05, 0) is 36.8 Å². The van der Waals surface area contributed by atoms with E-state index in [2.05, 4.69) is 0 Å². The summed E-state index contributed by atoms with van der Waals surface area (Å²) in [5, 5.41) is 0. The summed E-state index contributed by atoms with van der Waals surface area (Å²) in [6, 6.07) is 13.9. The number of hydrogen-bond donors (Lipinski definition) is 0. The van der Waals surface area contributed by atoms with E-state index >= 15 is 0 Å². The molecule has 0 saturated heterocycles. The molecule has 0 aromatic heterocycles. The largest absolute Gasteiger partial charge is 0.308 e. The Kier molecular flexibility index (Phi) is 3.11. The van der Waals surface area contributed by atoms with Gasteiger partial charge in [-0.3, -0.25) is 4.79 Å². The number of amides is 1. The zero-order valence-corrected chi connectivity index (χ0v) is 11.1. The van der Waals surface area contributed by atoms with Crippen molar-refractivity contribution in [3.8, 4) is 0 Å². The maximum absolute atomic E-state index is 12.9. The van der Waals surface area contributed by atoms with Crippen LogP contribution in [0.2, 0.25) is 0 Å². The van der Waals surface area contributed by atoms with Gasteiger partial charge in [0.25, 0.3) is 5.91 Å². The van der Waals surface area contributed by atoms with Crippen LogP contribution in [0.4, 0.5) is 10.1 Å². The van der Waals surface area contributed by atoms with Gasteiger partial charge in [-0.15, -0.1) is 0 Å². The predicted molar refractivity (Wildman–Crippen MR) is 78.7 cm³/mol. The fourth-order valence-electron chi connectivity index (χ4n) is 2.49. The predicted octanol–water partition coefficient (Wildman–Crippen LogP) is 3.73. The van der Waals surface area contributed by atoms with E-state index in [-0.39, 0.29) is 11.7 Å². The summed E-state index contributed by atoms with van der Waals surface area (Å²) in [6.07, 6.45) is 1.82. The number of rotatable bonds is 2. The molecule has 1 heterocycles. The van der Waals surface area contributed by atoms with Crippen molar-refractivity contribution in [3.63, 3.8) is 0 Å². The van der Waals surface area contributed by atoms with Crippen LogP contribution < -0.4 is 4.90 Å². The van der Waals surface area contributed by atoms with Crippen molar-refractivity contribution in [2.45, 2.75) is 6.92 Å². The molecule has 100 valence electrons. The standard InChI is InChI=1S/C17H14FNO/c1-2-19-16-6-4-3-5-14(16)15(17(19)20)11-12-7-9-13(18)10-8-12/h3-11H,2H2,1H3/b15-11-. The van der Waals surface area contributed by atoms with E-state index in [9.17, 15) is 9.18 Å². The first-order valence-electron chi connectivity index (χ1n) is 6.59. The van der Waals surface area contributed by atoms with Crippen LogP contribution in [0.3, 0.4) is 0 Å². The van der Waals surface area contributed by atoms with E-state index in [0.29, 0.717) is 12.1 Å². The van der Waals surface area contributed by atoms with Gasteiger partial charge in [0.15, 0.2) is 0 Å². The van der Waals surface area contributed by atoms with E-state index in [0.717, 1.165) is 16.8 Å². The molecule has 0 aliphatic carbocycles. The Hall–Kier alpha value is -2.42. The quantitative estimate of drug-likeness (QED) is 0.759. The van der Waals surface area contributed by atoms with Gasteiger partial charge >= 0.3 is 0 Å². The molecular formula is C17H14FNO. The first kappa shape index (κ1) is 12.6. The summed E-state index contributed by atoms with van der Waals surface area (Å²) >= 11 is 0. The SMILES string of the molecule is CCN1C(=O)/C(=C\c2ccc(F)cc2)c2ccccc21. The van der Waals surface area contributed by atoms with Crippen LogP contribution in [0, 0.1) is 5.82 Å². The second-order valence-corrected chi connectivity index (χ2v) is 4.68. The van der Waals surface area contributed by atoms with Gasteiger partial charge in [0, 0.05) is 17.7 Å². The Balaban J connectivity index is 2.10. The fourth-order valence-corrected chi connectivity index (χ4v) is 2.49. The third-order valence-corrected chi connectivity index (χ3v) is 3.46. The molecule has 0 saturated carbocycles. The monoisotopic (exact) mass is 267 g/mol. The molecule has 2 nitrogen and oxygen atoms in total. The maximum atomic E-state index is 12.9. The van der Waals surface area contributed by atoms with Crippen molar-refractivity contribution >= 4 is 23.2 Å². The van der Waals surface area contributed by atoms with Crippen LogP contribution in [-0.4, -0.2) is 12.5 Å². The van der Waals surface area contributed by atoms with E-state index in [1.165, 1.54) is 12.1 Å². The molecule has 0 bridgehead atoms. The normalized spacial score (nSPS) is 15.8. The molecule has 3 rings (SSSR count). The summed E-state index contributed by atoms with van der Waals surface area (Å²) in [5.74, 6) is -0.279. The first-order valence-corrected chi connectivity index (χ1v) is 6.59. The van der Waals surface area contributed by atoms with Gasteiger partial charge in [-0.25, -0.2) is 4.39 Å². The highest BCUT2D eigenvalue weighted by Gasteiger charge is 2.30. The minimum atomic E-state index is -0.277. The van der Waals surface area contributed by atoms with Crippen LogP contribution in [0.15, 0.2) is 48.5 Å². The molecule has 0 radical (unpaired) electrons. The Morgan fingerprint density at radius 1 is 1.10 bits per heavy atom. The lowest BCUT2D eigenvalue weighted by Crippen LogP contribution is -2.25. The number of nitrogens with zero attached hydrogens (tertiary/aromatic N) is 1. The zero-order valence-electron chi connectivity index (χ0n) is 11.1. The molecule has 0 unspecified atom stereocenters. The molecule has 2 aromatic carbocycles. The third-order valence-electron chi connectivity index (χ3n) is 3.46. The average Bonchev–Trinajstić information content (AvgIpc) is 2.74. The lowest BCUT2D eigenvalue weighted by molar-refractivity contribution is -0.112. The van der Waals surface area contributed by atoms with Crippen molar-refractivity contribution in [3.05, 3.63) is 65.5 Å². The molecule has 2 aromatic rings. The Labute approximate surface area is 117 Å². The van der Waals surface area contributed by atoms with Gasteiger partial charge in [-0.2, -0.15) is 0 Å². The number of para-hydroxylation sites is 1. The number of fused-ring (bicyclic) bond motifs is 1. The molecule has 1 amide bonds. The van der Waals surface area contributed by atoms with E-state index in [1.807, 2.05) is 37.3 Å². The van der Waals surface area contributed by atoms with Crippen molar-refractivity contribution < 1.29 is 9.18 Å². The maximum Gasteiger partial charge on any atom is 0.258 e. The highest BCUT2D eigenvalue weighted by molar-refractivity contribution is 6.35. The summed E-state index contributed by atoms with van der Waals surface area (Å²) in [5.41, 5.74) is 3.36. The highest BCUT2D eigenvalue weighted by Crippen LogP contribution is 2.37. The number of carbonyl (C=O) groups is 1. The van der Waals surface area contributed by atoms with Crippen LogP contribution in [0.25, 0.3) is 11.6 Å².